The normalized spacial score (nSPS) is 10.9. The molecule has 0 fully saturated rings. The SMILES string of the molecule is Cc1ccc(C(=O)c2cccn2Cc2cnc3cccc(C(N)=O)c3c2)cc1. The minimum atomic E-state index is -0.485. The Morgan fingerprint density at radius 1 is 1.04 bits per heavy atom. The van der Waals surface area contributed by atoms with Gasteiger partial charge < -0.3 is 10.3 Å². The summed E-state index contributed by atoms with van der Waals surface area (Å²) in [4.78, 5) is 29.0. The van der Waals surface area contributed by atoms with Crippen LogP contribution in [0, 0.1) is 6.92 Å². The summed E-state index contributed by atoms with van der Waals surface area (Å²) in [6.45, 7) is 2.46. The number of nitrogens with zero attached hydrogens (tertiary/aromatic N) is 2. The number of aryl methyl sites for hydroxylation is 1. The molecule has 2 heterocycles. The molecule has 2 aromatic carbocycles. The minimum Gasteiger partial charge on any atom is -0.366 e. The molecular formula is C23H19N3O2. The predicted molar refractivity (Wildman–Crippen MR) is 108 cm³/mol. The number of amides is 1. The fraction of sp³-hybridized carbons (Fsp3) is 0.0870. The van der Waals surface area contributed by atoms with Gasteiger partial charge in [0, 0.05) is 35.5 Å². The van der Waals surface area contributed by atoms with E-state index in [1.165, 1.54) is 0 Å². The van der Waals surface area contributed by atoms with Crippen LogP contribution in [-0.4, -0.2) is 21.2 Å². The zero-order chi connectivity index (χ0) is 19.7. The van der Waals surface area contributed by atoms with E-state index >= 15 is 0 Å². The van der Waals surface area contributed by atoms with Crippen LogP contribution in [0.1, 0.15) is 37.5 Å². The van der Waals surface area contributed by atoms with Gasteiger partial charge in [0.05, 0.1) is 11.2 Å². The maximum atomic E-state index is 12.9. The van der Waals surface area contributed by atoms with Gasteiger partial charge in [0.25, 0.3) is 0 Å². The van der Waals surface area contributed by atoms with Gasteiger partial charge in [0.15, 0.2) is 0 Å². The summed E-state index contributed by atoms with van der Waals surface area (Å²) in [5, 5.41) is 0.714. The van der Waals surface area contributed by atoms with Crippen LogP contribution in [-0.2, 0) is 6.54 Å². The Kier molecular flexibility index (Phi) is 4.49. The number of pyridine rings is 1. The van der Waals surface area contributed by atoms with Crippen LogP contribution in [0.2, 0.25) is 0 Å². The first-order valence-electron chi connectivity index (χ1n) is 8.97. The molecule has 4 aromatic rings. The molecule has 0 saturated heterocycles. The van der Waals surface area contributed by atoms with Gasteiger partial charge in [-0.3, -0.25) is 14.6 Å². The molecule has 0 radical (unpaired) electrons. The molecule has 5 heteroatoms. The fourth-order valence-electron chi connectivity index (χ4n) is 3.30. The number of benzene rings is 2. The molecule has 0 spiro atoms. The molecule has 2 aromatic heterocycles. The first-order valence-corrected chi connectivity index (χ1v) is 8.97. The second kappa shape index (κ2) is 7.12. The largest absolute Gasteiger partial charge is 0.366 e. The number of hydrogen-bond donors (Lipinski definition) is 1. The smallest absolute Gasteiger partial charge is 0.249 e. The second-order valence-corrected chi connectivity index (χ2v) is 6.80. The van der Waals surface area contributed by atoms with E-state index < -0.39 is 5.91 Å². The second-order valence-electron chi connectivity index (χ2n) is 6.80. The lowest BCUT2D eigenvalue weighted by Crippen LogP contribution is -2.12. The molecule has 0 unspecified atom stereocenters. The van der Waals surface area contributed by atoms with E-state index in [2.05, 4.69) is 4.98 Å². The molecule has 2 N–H and O–H groups in total. The van der Waals surface area contributed by atoms with E-state index in [0.29, 0.717) is 34.3 Å². The minimum absolute atomic E-state index is 0.0310. The Bertz CT molecular complexity index is 1190. The summed E-state index contributed by atoms with van der Waals surface area (Å²) in [6, 6.07) is 18.4. The third-order valence-corrected chi connectivity index (χ3v) is 4.78. The molecule has 1 amide bonds. The number of aromatic nitrogens is 2. The van der Waals surface area contributed by atoms with Gasteiger partial charge in [-0.2, -0.15) is 0 Å². The van der Waals surface area contributed by atoms with Crippen molar-refractivity contribution in [1.29, 1.82) is 0 Å². The van der Waals surface area contributed by atoms with Crippen LogP contribution in [0.3, 0.4) is 0 Å². The highest BCUT2D eigenvalue weighted by Crippen LogP contribution is 2.20. The van der Waals surface area contributed by atoms with Crippen molar-refractivity contribution >= 4 is 22.6 Å². The Morgan fingerprint density at radius 2 is 1.82 bits per heavy atom. The molecule has 0 bridgehead atoms. The number of ketones is 1. The topological polar surface area (TPSA) is 78.0 Å². The monoisotopic (exact) mass is 369 g/mol. The highest BCUT2D eigenvalue weighted by molar-refractivity contribution is 6.08. The highest BCUT2D eigenvalue weighted by atomic mass is 16.1. The van der Waals surface area contributed by atoms with Gasteiger partial charge in [-0.15, -0.1) is 0 Å². The zero-order valence-corrected chi connectivity index (χ0v) is 15.4. The van der Waals surface area contributed by atoms with Gasteiger partial charge >= 0.3 is 0 Å². The summed E-state index contributed by atoms with van der Waals surface area (Å²) in [7, 11) is 0. The third-order valence-electron chi connectivity index (χ3n) is 4.78. The summed E-state index contributed by atoms with van der Waals surface area (Å²) in [6.07, 6.45) is 3.62. The number of hydrogen-bond acceptors (Lipinski definition) is 3. The molecular weight excluding hydrogens is 350 g/mol. The number of rotatable bonds is 5. The lowest BCUT2D eigenvalue weighted by molar-refractivity contribution is 0.0999. The Balaban J connectivity index is 1.68. The first-order chi connectivity index (χ1) is 13.5. The number of primary amides is 1. The van der Waals surface area contributed by atoms with Crippen LogP contribution < -0.4 is 5.73 Å². The van der Waals surface area contributed by atoms with E-state index in [4.69, 9.17) is 5.73 Å². The van der Waals surface area contributed by atoms with Crippen LogP contribution in [0.15, 0.2) is 73.1 Å². The van der Waals surface area contributed by atoms with Crippen LogP contribution in [0.25, 0.3) is 10.9 Å². The van der Waals surface area contributed by atoms with Crippen molar-refractivity contribution in [1.82, 2.24) is 9.55 Å². The standard InChI is InChI=1S/C23H19N3O2/c1-15-7-9-17(10-8-15)22(27)21-6-3-11-26(21)14-16-12-19-18(23(24)28)4-2-5-20(19)25-13-16/h2-13H,14H2,1H3,(H2,24,28). The van der Waals surface area contributed by atoms with Crippen LogP contribution >= 0.6 is 0 Å². The summed E-state index contributed by atoms with van der Waals surface area (Å²) >= 11 is 0. The van der Waals surface area contributed by atoms with Crippen molar-refractivity contribution in [3.8, 4) is 0 Å². The Morgan fingerprint density at radius 3 is 2.57 bits per heavy atom. The van der Waals surface area contributed by atoms with E-state index in [0.717, 1.165) is 11.1 Å². The number of fused-ring (bicyclic) bond motifs is 1. The number of carbonyl (C=O) groups excluding carboxylic acids is 2. The van der Waals surface area contributed by atoms with Gasteiger partial charge in [0.2, 0.25) is 11.7 Å². The molecule has 0 aliphatic heterocycles. The lowest BCUT2D eigenvalue weighted by Gasteiger charge is -2.10. The molecule has 4 rings (SSSR count). The maximum absolute atomic E-state index is 12.9. The lowest BCUT2D eigenvalue weighted by atomic mass is 10.1. The van der Waals surface area contributed by atoms with E-state index in [1.807, 2.05) is 66.2 Å². The fourth-order valence-corrected chi connectivity index (χ4v) is 3.30. The average Bonchev–Trinajstić information content (AvgIpc) is 3.15. The molecule has 0 aliphatic carbocycles. The maximum Gasteiger partial charge on any atom is 0.249 e. The zero-order valence-electron chi connectivity index (χ0n) is 15.4. The van der Waals surface area contributed by atoms with Crippen molar-refractivity contribution in [3.63, 3.8) is 0 Å². The molecule has 138 valence electrons. The van der Waals surface area contributed by atoms with Gasteiger partial charge in [0.1, 0.15) is 0 Å². The summed E-state index contributed by atoms with van der Waals surface area (Å²) in [5.41, 5.74) is 9.89. The first kappa shape index (κ1) is 17.7. The van der Waals surface area contributed by atoms with E-state index in [-0.39, 0.29) is 5.78 Å². The van der Waals surface area contributed by atoms with Gasteiger partial charge in [-0.25, -0.2) is 0 Å². The van der Waals surface area contributed by atoms with E-state index in [1.54, 1.807) is 18.3 Å². The molecule has 0 saturated carbocycles. The number of nitrogens with two attached hydrogens (primary N) is 1. The molecule has 0 atom stereocenters. The van der Waals surface area contributed by atoms with Crippen LogP contribution in [0.4, 0.5) is 0 Å². The van der Waals surface area contributed by atoms with Crippen molar-refractivity contribution in [2.24, 2.45) is 5.73 Å². The average molecular weight is 369 g/mol. The van der Waals surface area contributed by atoms with Crippen molar-refractivity contribution in [3.05, 3.63) is 101 Å². The van der Waals surface area contributed by atoms with E-state index in [9.17, 15) is 9.59 Å². The van der Waals surface area contributed by atoms with Gasteiger partial charge in [-0.05, 0) is 42.8 Å². The molecule has 0 aliphatic rings. The molecule has 28 heavy (non-hydrogen) atoms. The summed E-state index contributed by atoms with van der Waals surface area (Å²) < 4.78 is 1.89. The summed E-state index contributed by atoms with van der Waals surface area (Å²) in [5.74, 6) is -0.516. The number of carbonyl (C=O) groups is 2. The van der Waals surface area contributed by atoms with Crippen molar-refractivity contribution in [2.45, 2.75) is 13.5 Å². The molecule has 5 nitrogen and oxygen atoms in total. The third kappa shape index (κ3) is 3.30. The van der Waals surface area contributed by atoms with Crippen LogP contribution in [0.5, 0.6) is 0 Å². The Hall–Kier alpha value is -3.73. The van der Waals surface area contributed by atoms with Crippen molar-refractivity contribution < 1.29 is 9.59 Å². The predicted octanol–water partition coefficient (Wildman–Crippen LogP) is 3.72. The highest BCUT2D eigenvalue weighted by Gasteiger charge is 2.14. The van der Waals surface area contributed by atoms with Crippen molar-refractivity contribution in [2.75, 3.05) is 0 Å². The Labute approximate surface area is 162 Å². The van der Waals surface area contributed by atoms with Gasteiger partial charge in [-0.1, -0.05) is 35.9 Å². The quantitative estimate of drug-likeness (QED) is 0.545.